The zero-order valence-corrected chi connectivity index (χ0v) is 11.9. The van der Waals surface area contributed by atoms with Crippen molar-refractivity contribution in [3.05, 3.63) is 24.2 Å². The minimum Gasteiger partial charge on any atom is -0.468 e. The molecule has 1 aromatic heterocycles. The molecule has 1 aromatic rings. The van der Waals surface area contributed by atoms with Gasteiger partial charge in [0.25, 0.3) is 0 Å². The van der Waals surface area contributed by atoms with Gasteiger partial charge in [-0.1, -0.05) is 0 Å². The smallest absolute Gasteiger partial charge is 0.225 e. The number of amides is 1. The van der Waals surface area contributed by atoms with Gasteiger partial charge in [0.05, 0.1) is 12.8 Å². The summed E-state index contributed by atoms with van der Waals surface area (Å²) in [6.45, 7) is 6.40. The first-order chi connectivity index (χ1) is 9.83. The SMILES string of the molecule is O=C(C1CCNCC1)N1CCN(Cc2ccco2)CC1. The van der Waals surface area contributed by atoms with Gasteiger partial charge in [-0.2, -0.15) is 0 Å². The number of piperazine rings is 1. The van der Waals surface area contributed by atoms with E-state index in [1.54, 1.807) is 6.26 Å². The molecule has 1 N–H and O–H groups in total. The molecule has 0 spiro atoms. The summed E-state index contributed by atoms with van der Waals surface area (Å²) in [5, 5.41) is 3.31. The fourth-order valence-corrected chi connectivity index (χ4v) is 3.08. The summed E-state index contributed by atoms with van der Waals surface area (Å²) in [6, 6.07) is 3.93. The highest BCUT2D eigenvalue weighted by Gasteiger charge is 2.28. The van der Waals surface area contributed by atoms with Crippen molar-refractivity contribution in [1.82, 2.24) is 15.1 Å². The molecule has 20 heavy (non-hydrogen) atoms. The number of nitrogens with one attached hydrogen (secondary N) is 1. The second-order valence-electron chi connectivity index (χ2n) is 5.71. The normalized spacial score (nSPS) is 22.1. The molecule has 0 unspecified atom stereocenters. The molecule has 5 nitrogen and oxygen atoms in total. The summed E-state index contributed by atoms with van der Waals surface area (Å²) < 4.78 is 5.38. The number of carbonyl (C=O) groups is 1. The van der Waals surface area contributed by atoms with Crippen LogP contribution in [0.3, 0.4) is 0 Å². The van der Waals surface area contributed by atoms with Crippen LogP contribution >= 0.6 is 0 Å². The Bertz CT molecular complexity index is 418. The molecule has 0 atom stereocenters. The Labute approximate surface area is 119 Å². The maximum atomic E-state index is 12.4. The molecule has 2 saturated heterocycles. The fourth-order valence-electron chi connectivity index (χ4n) is 3.08. The van der Waals surface area contributed by atoms with Crippen molar-refractivity contribution in [1.29, 1.82) is 0 Å². The van der Waals surface area contributed by atoms with E-state index in [2.05, 4.69) is 15.1 Å². The highest BCUT2D eigenvalue weighted by molar-refractivity contribution is 5.79. The second-order valence-corrected chi connectivity index (χ2v) is 5.71. The van der Waals surface area contributed by atoms with Crippen molar-refractivity contribution in [2.75, 3.05) is 39.3 Å². The van der Waals surface area contributed by atoms with Gasteiger partial charge < -0.3 is 14.6 Å². The number of carbonyl (C=O) groups excluding carboxylic acids is 1. The summed E-state index contributed by atoms with van der Waals surface area (Å²) in [7, 11) is 0. The van der Waals surface area contributed by atoms with E-state index in [1.165, 1.54) is 0 Å². The lowest BCUT2D eigenvalue weighted by atomic mass is 9.96. The number of rotatable bonds is 3. The highest BCUT2D eigenvalue weighted by Crippen LogP contribution is 2.17. The summed E-state index contributed by atoms with van der Waals surface area (Å²) in [6.07, 6.45) is 3.70. The average molecular weight is 277 g/mol. The molecule has 0 saturated carbocycles. The van der Waals surface area contributed by atoms with Crippen molar-refractivity contribution in [3.8, 4) is 0 Å². The first kappa shape index (κ1) is 13.6. The van der Waals surface area contributed by atoms with Gasteiger partial charge in [-0.05, 0) is 38.1 Å². The topological polar surface area (TPSA) is 48.7 Å². The van der Waals surface area contributed by atoms with Crippen LogP contribution in [0, 0.1) is 5.92 Å². The lowest BCUT2D eigenvalue weighted by molar-refractivity contribution is -0.138. The van der Waals surface area contributed by atoms with E-state index in [9.17, 15) is 4.79 Å². The second kappa shape index (κ2) is 6.41. The molecular formula is C15H23N3O2. The third-order valence-electron chi connectivity index (χ3n) is 4.33. The Morgan fingerprint density at radius 3 is 2.65 bits per heavy atom. The van der Waals surface area contributed by atoms with Crippen molar-refractivity contribution in [3.63, 3.8) is 0 Å². The van der Waals surface area contributed by atoms with Crippen LogP contribution in [0.15, 0.2) is 22.8 Å². The van der Waals surface area contributed by atoms with Crippen LogP contribution in [0.2, 0.25) is 0 Å². The van der Waals surface area contributed by atoms with Gasteiger partial charge in [-0.25, -0.2) is 0 Å². The molecule has 1 amide bonds. The molecule has 110 valence electrons. The zero-order chi connectivity index (χ0) is 13.8. The predicted octanol–water partition coefficient (Wildman–Crippen LogP) is 0.923. The van der Waals surface area contributed by atoms with Crippen molar-refractivity contribution < 1.29 is 9.21 Å². The molecule has 2 aliphatic rings. The Balaban J connectivity index is 1.46. The number of nitrogens with zero attached hydrogens (tertiary/aromatic N) is 2. The van der Waals surface area contributed by atoms with Gasteiger partial charge in [0.2, 0.25) is 5.91 Å². The minimum absolute atomic E-state index is 0.243. The molecule has 0 bridgehead atoms. The number of piperidine rings is 1. The van der Waals surface area contributed by atoms with E-state index in [4.69, 9.17) is 4.42 Å². The highest BCUT2D eigenvalue weighted by atomic mass is 16.3. The van der Waals surface area contributed by atoms with E-state index in [0.29, 0.717) is 5.91 Å². The van der Waals surface area contributed by atoms with Gasteiger partial charge in [-0.15, -0.1) is 0 Å². The van der Waals surface area contributed by atoms with Crippen molar-refractivity contribution in [2.45, 2.75) is 19.4 Å². The lowest BCUT2D eigenvalue weighted by Gasteiger charge is -2.36. The van der Waals surface area contributed by atoms with Crippen LogP contribution in [0.5, 0.6) is 0 Å². The van der Waals surface area contributed by atoms with E-state index in [1.807, 2.05) is 12.1 Å². The molecule has 3 rings (SSSR count). The van der Waals surface area contributed by atoms with Gasteiger partial charge >= 0.3 is 0 Å². The summed E-state index contributed by atoms with van der Waals surface area (Å²) in [5.74, 6) is 1.61. The molecular weight excluding hydrogens is 254 g/mol. The van der Waals surface area contributed by atoms with E-state index in [-0.39, 0.29) is 5.92 Å². The number of furan rings is 1. The van der Waals surface area contributed by atoms with Gasteiger partial charge in [-0.3, -0.25) is 9.69 Å². The summed E-state index contributed by atoms with van der Waals surface area (Å²) in [4.78, 5) is 16.8. The summed E-state index contributed by atoms with van der Waals surface area (Å²) >= 11 is 0. The van der Waals surface area contributed by atoms with Crippen molar-refractivity contribution in [2.24, 2.45) is 5.92 Å². The van der Waals surface area contributed by atoms with Gasteiger partial charge in [0.15, 0.2) is 0 Å². The van der Waals surface area contributed by atoms with Crippen LogP contribution in [0.1, 0.15) is 18.6 Å². The maximum absolute atomic E-state index is 12.4. The molecule has 5 heteroatoms. The molecule has 3 heterocycles. The van der Waals surface area contributed by atoms with Crippen molar-refractivity contribution >= 4 is 5.91 Å². The molecule has 2 fully saturated rings. The van der Waals surface area contributed by atoms with E-state index in [0.717, 1.165) is 64.4 Å². The van der Waals surface area contributed by atoms with Crippen LogP contribution in [-0.2, 0) is 11.3 Å². The molecule has 0 radical (unpaired) electrons. The average Bonchev–Trinajstić information content (AvgIpc) is 3.01. The first-order valence-electron chi connectivity index (χ1n) is 7.57. The van der Waals surface area contributed by atoms with Crippen LogP contribution in [0.4, 0.5) is 0 Å². The summed E-state index contributed by atoms with van der Waals surface area (Å²) in [5.41, 5.74) is 0. The van der Waals surface area contributed by atoms with Gasteiger partial charge in [0, 0.05) is 32.1 Å². The standard InChI is InChI=1S/C15H23N3O2/c19-15(13-3-5-16-6-4-13)18-9-7-17(8-10-18)12-14-2-1-11-20-14/h1-2,11,13,16H,3-10,12H2. The molecule has 0 aliphatic carbocycles. The Morgan fingerprint density at radius 1 is 1.25 bits per heavy atom. The Hall–Kier alpha value is -1.33. The zero-order valence-electron chi connectivity index (χ0n) is 11.9. The third kappa shape index (κ3) is 3.22. The number of hydrogen-bond donors (Lipinski definition) is 1. The number of hydrogen-bond acceptors (Lipinski definition) is 4. The molecule has 0 aromatic carbocycles. The van der Waals surface area contributed by atoms with Gasteiger partial charge in [0.1, 0.15) is 5.76 Å². The maximum Gasteiger partial charge on any atom is 0.225 e. The molecule has 2 aliphatic heterocycles. The monoisotopic (exact) mass is 277 g/mol. The largest absolute Gasteiger partial charge is 0.468 e. The Morgan fingerprint density at radius 2 is 2.00 bits per heavy atom. The third-order valence-corrected chi connectivity index (χ3v) is 4.33. The fraction of sp³-hybridized carbons (Fsp3) is 0.667. The van der Waals surface area contributed by atoms with Crippen LogP contribution < -0.4 is 5.32 Å². The quantitative estimate of drug-likeness (QED) is 0.893. The van der Waals surface area contributed by atoms with Crippen LogP contribution in [0.25, 0.3) is 0 Å². The minimum atomic E-state index is 0.243. The Kier molecular flexibility index (Phi) is 4.38. The predicted molar refractivity (Wildman–Crippen MR) is 76.2 cm³/mol. The first-order valence-corrected chi connectivity index (χ1v) is 7.57. The lowest BCUT2D eigenvalue weighted by Crippen LogP contribution is -2.51. The van der Waals surface area contributed by atoms with Crippen LogP contribution in [-0.4, -0.2) is 55.0 Å². The van der Waals surface area contributed by atoms with E-state index >= 15 is 0 Å². The van der Waals surface area contributed by atoms with E-state index < -0.39 is 0 Å².